The molecule has 0 heterocycles. The summed E-state index contributed by atoms with van der Waals surface area (Å²) in [7, 11) is 0. The summed E-state index contributed by atoms with van der Waals surface area (Å²) in [5.74, 6) is -0.556. The van der Waals surface area contributed by atoms with E-state index in [1.165, 1.54) is 0 Å². The summed E-state index contributed by atoms with van der Waals surface area (Å²) in [6, 6.07) is -0.884. The van der Waals surface area contributed by atoms with E-state index in [-0.39, 0.29) is 12.1 Å². The number of rotatable bonds is 3. The van der Waals surface area contributed by atoms with Crippen molar-refractivity contribution in [3.8, 4) is 0 Å². The minimum Gasteiger partial charge on any atom is -0.465 e. The van der Waals surface area contributed by atoms with E-state index in [1.807, 2.05) is 0 Å². The van der Waals surface area contributed by atoms with Gasteiger partial charge in [0.25, 0.3) is 0 Å². The molecule has 0 saturated heterocycles. The van der Waals surface area contributed by atoms with Crippen LogP contribution in [0.3, 0.4) is 0 Å². The zero-order valence-electron chi connectivity index (χ0n) is 5.83. The Kier molecular flexibility index (Phi) is 7.81. The number of carbonyl (C=O) groups is 1. The van der Waals surface area contributed by atoms with Crippen LogP contribution in [-0.4, -0.2) is 35.8 Å². The van der Waals surface area contributed by atoms with Crippen LogP contribution in [0.25, 0.3) is 0 Å². The average molecular weight is 151 g/mol. The fourth-order valence-electron chi connectivity index (χ4n) is 0.324. The number of nitrogens with two attached hydrogens (primary N) is 1. The van der Waals surface area contributed by atoms with Gasteiger partial charge in [-0.05, 0) is 6.92 Å². The lowest BCUT2D eigenvalue weighted by molar-refractivity contribution is -0.145. The number of hydrogen-bond acceptors (Lipinski definition) is 4. The van der Waals surface area contributed by atoms with Gasteiger partial charge in [-0.1, -0.05) is 0 Å². The Morgan fingerprint density at radius 3 is 2.60 bits per heavy atom. The molecule has 0 aromatic carbocycles. The molecule has 10 heavy (non-hydrogen) atoms. The van der Waals surface area contributed by atoms with E-state index in [4.69, 9.17) is 10.8 Å². The number of aliphatic hydroxyl groups is 1. The van der Waals surface area contributed by atoms with Gasteiger partial charge in [-0.3, -0.25) is 4.79 Å². The van der Waals surface area contributed by atoms with E-state index in [0.29, 0.717) is 6.61 Å². The Bertz CT molecular complexity index is 95.6. The molecule has 0 unspecified atom stereocenters. The molecular formula is C5H13NO4. The molecule has 62 valence electrons. The fourth-order valence-corrected chi connectivity index (χ4v) is 0.324. The van der Waals surface area contributed by atoms with Gasteiger partial charge in [0.05, 0.1) is 13.2 Å². The van der Waals surface area contributed by atoms with Crippen molar-refractivity contribution in [1.82, 2.24) is 0 Å². The second-order valence-corrected chi connectivity index (χ2v) is 1.54. The standard InChI is InChI=1S/C5H11NO3.H2O/c1-2-9-5(8)4(6)3-7;/h4,7H,2-3,6H2,1H3;1H2/t4-;/m0./s1. The van der Waals surface area contributed by atoms with Gasteiger partial charge in [-0.25, -0.2) is 0 Å². The van der Waals surface area contributed by atoms with Crippen molar-refractivity contribution in [2.24, 2.45) is 5.73 Å². The van der Waals surface area contributed by atoms with E-state index >= 15 is 0 Å². The number of carbonyl (C=O) groups excluding carboxylic acids is 1. The monoisotopic (exact) mass is 151 g/mol. The lowest BCUT2D eigenvalue weighted by Crippen LogP contribution is -2.35. The molecule has 5 N–H and O–H groups in total. The molecule has 0 rings (SSSR count). The first-order valence-corrected chi connectivity index (χ1v) is 2.75. The molecule has 0 spiro atoms. The molecule has 5 heteroatoms. The van der Waals surface area contributed by atoms with E-state index in [9.17, 15) is 4.79 Å². The molecule has 0 amide bonds. The highest BCUT2D eigenvalue weighted by molar-refractivity contribution is 5.75. The van der Waals surface area contributed by atoms with Gasteiger partial charge >= 0.3 is 5.97 Å². The third kappa shape index (κ3) is 4.25. The molecule has 0 aromatic rings. The Hall–Kier alpha value is -0.650. The first kappa shape index (κ1) is 12.1. The molecule has 5 nitrogen and oxygen atoms in total. The smallest absolute Gasteiger partial charge is 0.325 e. The summed E-state index contributed by atoms with van der Waals surface area (Å²) in [5, 5.41) is 8.31. The summed E-state index contributed by atoms with van der Waals surface area (Å²) in [4.78, 5) is 10.5. The Morgan fingerprint density at radius 2 is 2.30 bits per heavy atom. The van der Waals surface area contributed by atoms with Gasteiger partial charge < -0.3 is 21.1 Å². The minimum atomic E-state index is -0.884. The summed E-state index contributed by atoms with van der Waals surface area (Å²) < 4.78 is 4.47. The first-order chi connectivity index (χ1) is 4.22. The molecule has 1 atom stereocenters. The molecule has 0 aliphatic carbocycles. The van der Waals surface area contributed by atoms with Crippen molar-refractivity contribution in [2.75, 3.05) is 13.2 Å². The molecule has 0 saturated carbocycles. The quantitative estimate of drug-likeness (QED) is 0.457. The number of aliphatic hydroxyl groups excluding tert-OH is 1. The van der Waals surface area contributed by atoms with Crippen molar-refractivity contribution in [3.63, 3.8) is 0 Å². The van der Waals surface area contributed by atoms with Crippen molar-refractivity contribution < 1.29 is 20.1 Å². The van der Waals surface area contributed by atoms with Crippen LogP contribution in [0.5, 0.6) is 0 Å². The fraction of sp³-hybridized carbons (Fsp3) is 0.800. The Morgan fingerprint density at radius 1 is 1.80 bits per heavy atom. The van der Waals surface area contributed by atoms with E-state index in [0.717, 1.165) is 0 Å². The summed E-state index contributed by atoms with van der Waals surface area (Å²) in [6.07, 6.45) is 0. The lowest BCUT2D eigenvalue weighted by Gasteiger charge is -2.05. The van der Waals surface area contributed by atoms with Gasteiger partial charge in [-0.15, -0.1) is 0 Å². The summed E-state index contributed by atoms with van der Waals surface area (Å²) >= 11 is 0. The van der Waals surface area contributed by atoms with Crippen LogP contribution in [0.2, 0.25) is 0 Å². The largest absolute Gasteiger partial charge is 0.465 e. The zero-order valence-corrected chi connectivity index (χ0v) is 5.83. The second-order valence-electron chi connectivity index (χ2n) is 1.54. The second kappa shape index (κ2) is 6.47. The minimum absolute atomic E-state index is 0. The van der Waals surface area contributed by atoms with E-state index in [1.54, 1.807) is 6.92 Å². The number of hydrogen-bond donors (Lipinski definition) is 2. The third-order valence-corrected chi connectivity index (χ3v) is 0.786. The van der Waals surface area contributed by atoms with Gasteiger partial charge in [0.15, 0.2) is 0 Å². The molecule has 0 fully saturated rings. The van der Waals surface area contributed by atoms with Gasteiger partial charge in [0.2, 0.25) is 0 Å². The predicted octanol–water partition coefficient (Wildman–Crippen LogP) is -1.96. The highest BCUT2D eigenvalue weighted by Gasteiger charge is 2.11. The van der Waals surface area contributed by atoms with Crippen molar-refractivity contribution in [3.05, 3.63) is 0 Å². The first-order valence-electron chi connectivity index (χ1n) is 2.75. The SMILES string of the molecule is CCOC(=O)[C@@H](N)CO.O. The number of esters is 1. The Balaban J connectivity index is 0. The van der Waals surface area contributed by atoms with Crippen molar-refractivity contribution in [1.29, 1.82) is 0 Å². The molecular weight excluding hydrogens is 138 g/mol. The number of ether oxygens (including phenoxy) is 1. The van der Waals surface area contributed by atoms with E-state index < -0.39 is 12.0 Å². The van der Waals surface area contributed by atoms with Crippen LogP contribution < -0.4 is 5.73 Å². The predicted molar refractivity (Wildman–Crippen MR) is 35.3 cm³/mol. The molecule has 0 radical (unpaired) electrons. The van der Waals surface area contributed by atoms with Gasteiger partial charge in [0.1, 0.15) is 6.04 Å². The maximum atomic E-state index is 10.5. The van der Waals surface area contributed by atoms with Crippen LogP contribution in [-0.2, 0) is 9.53 Å². The summed E-state index contributed by atoms with van der Waals surface area (Å²) in [6.45, 7) is 1.62. The van der Waals surface area contributed by atoms with Crippen LogP contribution in [0.15, 0.2) is 0 Å². The third-order valence-electron chi connectivity index (χ3n) is 0.786. The van der Waals surface area contributed by atoms with Crippen LogP contribution in [0.4, 0.5) is 0 Å². The average Bonchev–Trinajstić information content (AvgIpc) is 1.87. The van der Waals surface area contributed by atoms with Crippen LogP contribution >= 0.6 is 0 Å². The van der Waals surface area contributed by atoms with Gasteiger partial charge in [0, 0.05) is 0 Å². The molecule has 0 aliphatic rings. The maximum absolute atomic E-state index is 10.5. The topological polar surface area (TPSA) is 104 Å². The lowest BCUT2D eigenvalue weighted by atomic mass is 10.3. The normalized spacial score (nSPS) is 11.5. The molecule has 0 aromatic heterocycles. The summed E-state index contributed by atoms with van der Waals surface area (Å²) in [5.41, 5.74) is 5.08. The van der Waals surface area contributed by atoms with E-state index in [2.05, 4.69) is 4.74 Å². The van der Waals surface area contributed by atoms with Gasteiger partial charge in [-0.2, -0.15) is 0 Å². The highest BCUT2D eigenvalue weighted by atomic mass is 16.5. The van der Waals surface area contributed by atoms with Crippen LogP contribution in [0.1, 0.15) is 6.92 Å². The van der Waals surface area contributed by atoms with Crippen LogP contribution in [0, 0.1) is 0 Å². The maximum Gasteiger partial charge on any atom is 0.325 e. The van der Waals surface area contributed by atoms with Crippen molar-refractivity contribution >= 4 is 5.97 Å². The van der Waals surface area contributed by atoms with Crippen molar-refractivity contribution in [2.45, 2.75) is 13.0 Å². The molecule has 0 aliphatic heterocycles. The zero-order chi connectivity index (χ0) is 7.28. The molecule has 0 bridgehead atoms. The highest BCUT2D eigenvalue weighted by Crippen LogP contribution is 1.82. The Labute approximate surface area is 59.1 Å².